The minimum Gasteiger partial charge on any atom is -0.311 e. The van der Waals surface area contributed by atoms with E-state index in [4.69, 9.17) is 0 Å². The monoisotopic (exact) mass is 292 g/mol. The maximum Gasteiger partial charge on any atom is 0.209 e. The topological polar surface area (TPSA) is 58.2 Å². The predicted octanol–water partition coefficient (Wildman–Crippen LogP) is 1.38. The van der Waals surface area contributed by atoms with Crippen LogP contribution in [0.3, 0.4) is 0 Å². The molecule has 0 spiro atoms. The van der Waals surface area contributed by atoms with E-state index in [9.17, 15) is 17.2 Å². The fraction of sp³-hybridized carbons (Fsp3) is 0.500. The molecule has 4 nitrogen and oxygen atoms in total. The summed E-state index contributed by atoms with van der Waals surface area (Å²) in [5, 5.41) is 2.96. The zero-order chi connectivity index (χ0) is 14.7. The van der Waals surface area contributed by atoms with E-state index in [0.717, 1.165) is 12.3 Å². The highest BCUT2D eigenvalue weighted by atomic mass is 32.2. The van der Waals surface area contributed by atoms with Crippen LogP contribution < -0.4 is 10.0 Å². The number of sulfonamides is 1. The molecule has 0 bridgehead atoms. The molecular formula is C12H18F2N2O2S. The van der Waals surface area contributed by atoms with E-state index in [2.05, 4.69) is 10.0 Å². The fourth-order valence-electron chi connectivity index (χ4n) is 1.77. The summed E-state index contributed by atoms with van der Waals surface area (Å²) in [5.41, 5.74) is -0.216. The summed E-state index contributed by atoms with van der Waals surface area (Å²) in [4.78, 5) is 0. The maximum atomic E-state index is 13.0. The van der Waals surface area contributed by atoms with Crippen LogP contribution in [0.25, 0.3) is 0 Å². The summed E-state index contributed by atoms with van der Waals surface area (Å²) in [6, 6.07) is 3.26. The molecule has 0 fully saturated rings. The smallest absolute Gasteiger partial charge is 0.209 e. The Kier molecular flexibility index (Phi) is 5.00. The van der Waals surface area contributed by atoms with E-state index in [0.29, 0.717) is 12.1 Å². The number of halogens is 2. The Labute approximate surface area is 112 Å². The van der Waals surface area contributed by atoms with Gasteiger partial charge in [0.2, 0.25) is 10.0 Å². The fourth-order valence-corrected chi connectivity index (χ4v) is 2.85. The molecule has 1 aromatic rings. The number of hydrogen-bond acceptors (Lipinski definition) is 3. The number of benzene rings is 1. The molecular weight excluding hydrogens is 274 g/mol. The maximum absolute atomic E-state index is 13.0. The van der Waals surface area contributed by atoms with Crippen molar-refractivity contribution in [2.24, 2.45) is 0 Å². The molecule has 1 rings (SSSR count). The van der Waals surface area contributed by atoms with Gasteiger partial charge in [-0.1, -0.05) is 0 Å². The molecule has 0 amide bonds. The molecule has 19 heavy (non-hydrogen) atoms. The van der Waals surface area contributed by atoms with Gasteiger partial charge in [-0.3, -0.25) is 0 Å². The Hall–Kier alpha value is -1.05. The van der Waals surface area contributed by atoms with Crippen LogP contribution >= 0.6 is 0 Å². The van der Waals surface area contributed by atoms with Crippen molar-refractivity contribution in [2.75, 3.05) is 12.8 Å². The summed E-state index contributed by atoms with van der Waals surface area (Å²) in [6.45, 7) is 4.02. The molecule has 2 N–H and O–H groups in total. The molecule has 0 saturated carbocycles. The minimum atomic E-state index is -3.30. The van der Waals surface area contributed by atoms with Gasteiger partial charge < -0.3 is 5.32 Å². The van der Waals surface area contributed by atoms with E-state index >= 15 is 0 Å². The molecule has 0 aliphatic heterocycles. The van der Waals surface area contributed by atoms with E-state index in [-0.39, 0.29) is 6.54 Å². The molecule has 1 aromatic carbocycles. The first-order valence-corrected chi connectivity index (χ1v) is 7.61. The van der Waals surface area contributed by atoms with Crippen molar-refractivity contribution in [1.29, 1.82) is 0 Å². The second-order valence-corrected chi connectivity index (χ2v) is 6.89. The van der Waals surface area contributed by atoms with Crippen molar-refractivity contribution in [3.63, 3.8) is 0 Å². The summed E-state index contributed by atoms with van der Waals surface area (Å²) in [6.07, 6.45) is 1.08. The molecule has 0 aromatic heterocycles. The molecule has 0 aliphatic carbocycles. The van der Waals surface area contributed by atoms with Gasteiger partial charge >= 0.3 is 0 Å². The lowest BCUT2D eigenvalue weighted by Gasteiger charge is -2.25. The van der Waals surface area contributed by atoms with Gasteiger partial charge in [-0.15, -0.1) is 0 Å². The first-order chi connectivity index (χ1) is 8.57. The van der Waals surface area contributed by atoms with Gasteiger partial charge in [0.1, 0.15) is 11.6 Å². The Balaban J connectivity index is 2.54. The Bertz CT molecular complexity index is 524. The van der Waals surface area contributed by atoms with Crippen LogP contribution in [-0.4, -0.2) is 26.8 Å². The third kappa shape index (κ3) is 6.60. The van der Waals surface area contributed by atoms with Crippen molar-refractivity contribution in [1.82, 2.24) is 10.0 Å². The van der Waals surface area contributed by atoms with Crippen LogP contribution in [0.4, 0.5) is 8.78 Å². The van der Waals surface area contributed by atoms with E-state index in [1.807, 2.05) is 0 Å². The Morgan fingerprint density at radius 2 is 1.68 bits per heavy atom. The van der Waals surface area contributed by atoms with Crippen molar-refractivity contribution >= 4 is 10.0 Å². The summed E-state index contributed by atoms with van der Waals surface area (Å²) in [5.74, 6) is -1.27. The quantitative estimate of drug-likeness (QED) is 0.833. The second kappa shape index (κ2) is 5.94. The van der Waals surface area contributed by atoms with Crippen LogP contribution in [0.2, 0.25) is 0 Å². The first-order valence-electron chi connectivity index (χ1n) is 5.72. The molecule has 0 unspecified atom stereocenters. The first kappa shape index (κ1) is 16.0. The lowest BCUT2D eigenvalue weighted by Crippen LogP contribution is -2.49. The van der Waals surface area contributed by atoms with E-state index in [1.165, 1.54) is 12.1 Å². The largest absolute Gasteiger partial charge is 0.311 e. The van der Waals surface area contributed by atoms with Gasteiger partial charge in [0.05, 0.1) is 6.26 Å². The molecule has 0 aliphatic rings. The van der Waals surface area contributed by atoms with E-state index < -0.39 is 27.2 Å². The van der Waals surface area contributed by atoms with Crippen molar-refractivity contribution in [3.8, 4) is 0 Å². The van der Waals surface area contributed by atoms with Gasteiger partial charge in [0.25, 0.3) is 0 Å². The zero-order valence-electron chi connectivity index (χ0n) is 11.1. The van der Waals surface area contributed by atoms with Crippen molar-refractivity contribution in [2.45, 2.75) is 25.9 Å². The zero-order valence-corrected chi connectivity index (χ0v) is 11.9. The van der Waals surface area contributed by atoms with Crippen LogP contribution in [-0.2, 0) is 16.6 Å². The summed E-state index contributed by atoms with van der Waals surface area (Å²) >= 11 is 0. The lowest BCUT2D eigenvalue weighted by molar-refractivity contribution is 0.420. The van der Waals surface area contributed by atoms with Crippen molar-refractivity contribution in [3.05, 3.63) is 35.4 Å². The molecule has 0 saturated heterocycles. The molecule has 108 valence electrons. The number of rotatable bonds is 6. The van der Waals surface area contributed by atoms with Gasteiger partial charge in [-0.2, -0.15) is 0 Å². The number of nitrogens with one attached hydrogen (secondary N) is 2. The van der Waals surface area contributed by atoms with Gasteiger partial charge in [-0.05, 0) is 31.5 Å². The Morgan fingerprint density at radius 3 is 2.16 bits per heavy atom. The molecule has 0 atom stereocenters. The van der Waals surface area contributed by atoms with Crippen LogP contribution in [0, 0.1) is 11.6 Å². The van der Waals surface area contributed by atoms with Gasteiger partial charge in [0.15, 0.2) is 0 Å². The molecule has 0 radical (unpaired) electrons. The lowest BCUT2D eigenvalue weighted by atomic mass is 10.1. The third-order valence-corrected chi connectivity index (χ3v) is 3.20. The third-order valence-electron chi connectivity index (χ3n) is 2.28. The highest BCUT2D eigenvalue weighted by Gasteiger charge is 2.21. The average molecular weight is 292 g/mol. The Morgan fingerprint density at radius 1 is 1.16 bits per heavy atom. The number of hydrogen-bond donors (Lipinski definition) is 2. The van der Waals surface area contributed by atoms with Gasteiger partial charge in [0, 0.05) is 24.7 Å². The highest BCUT2D eigenvalue weighted by Crippen LogP contribution is 2.08. The van der Waals surface area contributed by atoms with Crippen LogP contribution in [0.5, 0.6) is 0 Å². The van der Waals surface area contributed by atoms with E-state index in [1.54, 1.807) is 13.8 Å². The van der Waals surface area contributed by atoms with Gasteiger partial charge in [-0.25, -0.2) is 21.9 Å². The molecule has 7 heteroatoms. The SMILES string of the molecule is CC(C)(CNCc1cc(F)cc(F)c1)NS(C)(=O)=O. The van der Waals surface area contributed by atoms with Crippen molar-refractivity contribution < 1.29 is 17.2 Å². The average Bonchev–Trinajstić information content (AvgIpc) is 2.10. The van der Waals surface area contributed by atoms with Crippen LogP contribution in [0.1, 0.15) is 19.4 Å². The summed E-state index contributed by atoms with van der Waals surface area (Å²) in [7, 11) is -3.30. The summed E-state index contributed by atoms with van der Waals surface area (Å²) < 4.78 is 50.6. The highest BCUT2D eigenvalue weighted by molar-refractivity contribution is 7.88. The predicted molar refractivity (Wildman–Crippen MR) is 70.1 cm³/mol. The molecule has 0 heterocycles. The second-order valence-electron chi connectivity index (χ2n) is 5.14. The normalized spacial score (nSPS) is 12.7. The minimum absolute atomic E-state index is 0.254. The standard InChI is InChI=1S/C12H18F2N2O2S/c1-12(2,16-19(3,17)18)8-15-7-9-4-10(13)6-11(14)5-9/h4-6,15-16H,7-8H2,1-3H3. The van der Waals surface area contributed by atoms with Crippen LogP contribution in [0.15, 0.2) is 18.2 Å².